The molecule has 0 aromatic heterocycles. The lowest BCUT2D eigenvalue weighted by molar-refractivity contribution is 0.198. The number of hydrogen-bond donors (Lipinski definition) is 0. The van der Waals surface area contributed by atoms with Gasteiger partial charge < -0.3 is 4.74 Å². The molecule has 0 amide bonds. The number of rotatable bonds is 6. The second kappa shape index (κ2) is 7.26. The Balaban J connectivity index is 1.57. The maximum absolute atomic E-state index is 14.1. The fourth-order valence-corrected chi connectivity index (χ4v) is 3.20. The van der Waals surface area contributed by atoms with E-state index in [1.165, 1.54) is 19.3 Å². The zero-order chi connectivity index (χ0) is 15.4. The second-order valence-electron chi connectivity index (χ2n) is 6.53. The fraction of sp³-hybridized carbons (Fsp3) is 0.579. The lowest BCUT2D eigenvalue weighted by Gasteiger charge is -2.21. The van der Waals surface area contributed by atoms with Gasteiger partial charge in [-0.15, -0.1) is 0 Å². The Hall–Kier alpha value is -1.38. The van der Waals surface area contributed by atoms with Gasteiger partial charge in [0, 0.05) is 0 Å². The molecule has 0 bridgehead atoms. The lowest BCUT2D eigenvalue weighted by Crippen LogP contribution is -2.12. The summed E-state index contributed by atoms with van der Waals surface area (Å²) in [5.74, 6) is -0.790. The van der Waals surface area contributed by atoms with E-state index in [1.807, 2.05) is 0 Å². The van der Waals surface area contributed by atoms with Crippen molar-refractivity contribution in [3.05, 3.63) is 41.5 Å². The monoisotopic (exact) mass is 306 g/mol. The topological polar surface area (TPSA) is 9.23 Å². The lowest BCUT2D eigenvalue weighted by atomic mass is 9.85. The van der Waals surface area contributed by atoms with E-state index < -0.39 is 11.6 Å². The molecule has 1 nitrogen and oxygen atoms in total. The Morgan fingerprint density at radius 3 is 2.45 bits per heavy atom. The molecular weight excluding hydrogens is 282 g/mol. The molecule has 0 saturated heterocycles. The molecule has 2 aliphatic rings. The summed E-state index contributed by atoms with van der Waals surface area (Å²) in [4.78, 5) is 0. The van der Waals surface area contributed by atoms with E-state index in [-0.39, 0.29) is 11.9 Å². The summed E-state index contributed by atoms with van der Waals surface area (Å²) in [6.45, 7) is 0. The van der Waals surface area contributed by atoms with E-state index in [0.29, 0.717) is 17.9 Å². The van der Waals surface area contributed by atoms with Crippen LogP contribution < -0.4 is 4.74 Å². The van der Waals surface area contributed by atoms with Crippen molar-refractivity contribution < 1.29 is 13.5 Å². The third-order valence-electron chi connectivity index (χ3n) is 4.86. The fourth-order valence-electron chi connectivity index (χ4n) is 3.20. The molecule has 0 spiro atoms. The van der Waals surface area contributed by atoms with Gasteiger partial charge in [-0.3, -0.25) is 0 Å². The first-order valence-corrected chi connectivity index (χ1v) is 8.54. The summed E-state index contributed by atoms with van der Waals surface area (Å²) < 4.78 is 33.8. The van der Waals surface area contributed by atoms with E-state index in [4.69, 9.17) is 4.74 Å². The summed E-state index contributed by atoms with van der Waals surface area (Å²) >= 11 is 0. The zero-order valence-electron chi connectivity index (χ0n) is 13.0. The Morgan fingerprint density at radius 2 is 1.77 bits per heavy atom. The largest absolute Gasteiger partial charge is 0.487 e. The molecule has 0 heterocycles. The van der Waals surface area contributed by atoms with Crippen molar-refractivity contribution in [1.82, 2.24) is 0 Å². The van der Waals surface area contributed by atoms with Crippen molar-refractivity contribution in [2.75, 3.05) is 0 Å². The van der Waals surface area contributed by atoms with Gasteiger partial charge in [0.15, 0.2) is 11.6 Å². The first-order valence-electron chi connectivity index (χ1n) is 8.54. The minimum absolute atomic E-state index is 0.0464. The normalized spacial score (nSPS) is 19.7. The Kier molecular flexibility index (Phi) is 5.12. The van der Waals surface area contributed by atoms with Gasteiger partial charge >= 0.3 is 0 Å². The van der Waals surface area contributed by atoms with Gasteiger partial charge in [-0.05, 0) is 68.9 Å². The smallest absolute Gasteiger partial charge is 0.200 e. The number of benzene rings is 1. The number of aryl methyl sites for hydroxylation is 1. The van der Waals surface area contributed by atoms with Crippen LogP contribution in [0.25, 0.3) is 0 Å². The van der Waals surface area contributed by atoms with Crippen LogP contribution in [0.1, 0.15) is 56.9 Å². The summed E-state index contributed by atoms with van der Waals surface area (Å²) in [7, 11) is 0. The van der Waals surface area contributed by atoms with Crippen LogP contribution >= 0.6 is 0 Å². The summed E-state index contributed by atoms with van der Waals surface area (Å²) in [6, 6.07) is 3.25. The molecule has 0 atom stereocenters. The SMILES string of the molecule is Fc1c(CC/C=C/C2CCC2)ccc(OC2CCCC2)c1F. The molecule has 2 aliphatic carbocycles. The highest BCUT2D eigenvalue weighted by molar-refractivity contribution is 5.31. The van der Waals surface area contributed by atoms with Crippen LogP contribution in [0.3, 0.4) is 0 Å². The van der Waals surface area contributed by atoms with Gasteiger partial charge in [0.05, 0.1) is 6.10 Å². The molecule has 1 aromatic rings. The van der Waals surface area contributed by atoms with Crippen LogP contribution in [-0.2, 0) is 6.42 Å². The van der Waals surface area contributed by atoms with Crippen molar-refractivity contribution in [2.45, 2.75) is 63.9 Å². The van der Waals surface area contributed by atoms with Crippen molar-refractivity contribution in [1.29, 1.82) is 0 Å². The third-order valence-corrected chi connectivity index (χ3v) is 4.86. The quantitative estimate of drug-likeness (QED) is 0.624. The highest BCUT2D eigenvalue weighted by atomic mass is 19.2. The van der Waals surface area contributed by atoms with Crippen molar-refractivity contribution in [2.24, 2.45) is 5.92 Å². The van der Waals surface area contributed by atoms with E-state index in [2.05, 4.69) is 12.2 Å². The van der Waals surface area contributed by atoms with Crippen LogP contribution in [0.5, 0.6) is 5.75 Å². The average Bonchev–Trinajstić information content (AvgIpc) is 2.97. The van der Waals surface area contributed by atoms with E-state index in [9.17, 15) is 8.78 Å². The highest BCUT2D eigenvalue weighted by Crippen LogP contribution is 2.29. The molecule has 0 unspecified atom stereocenters. The minimum Gasteiger partial charge on any atom is -0.487 e. The number of halogens is 2. The molecular formula is C19H24F2O. The first kappa shape index (κ1) is 15.5. The molecule has 3 rings (SSSR count). The van der Waals surface area contributed by atoms with Crippen molar-refractivity contribution in [3.8, 4) is 5.75 Å². The second-order valence-corrected chi connectivity index (χ2v) is 6.53. The molecule has 120 valence electrons. The van der Waals surface area contributed by atoms with Gasteiger partial charge in [0.25, 0.3) is 0 Å². The van der Waals surface area contributed by atoms with Crippen molar-refractivity contribution >= 4 is 0 Å². The summed E-state index contributed by atoms with van der Waals surface area (Å²) in [6.07, 6.45) is 13.6. The first-order chi connectivity index (χ1) is 10.7. The highest BCUT2D eigenvalue weighted by Gasteiger charge is 2.20. The van der Waals surface area contributed by atoms with Gasteiger partial charge in [-0.2, -0.15) is 4.39 Å². The van der Waals surface area contributed by atoms with E-state index in [1.54, 1.807) is 12.1 Å². The van der Waals surface area contributed by atoms with Crippen LogP contribution in [-0.4, -0.2) is 6.10 Å². The Labute approximate surface area is 131 Å². The molecule has 22 heavy (non-hydrogen) atoms. The van der Waals surface area contributed by atoms with Gasteiger partial charge in [-0.1, -0.05) is 24.6 Å². The summed E-state index contributed by atoms with van der Waals surface area (Å²) in [5.41, 5.74) is 0.439. The van der Waals surface area contributed by atoms with Crippen LogP contribution in [0.4, 0.5) is 8.78 Å². The molecule has 3 heteroatoms. The average molecular weight is 306 g/mol. The van der Waals surface area contributed by atoms with Crippen LogP contribution in [0.2, 0.25) is 0 Å². The molecule has 2 fully saturated rings. The molecule has 0 aliphatic heterocycles. The van der Waals surface area contributed by atoms with Gasteiger partial charge in [0.2, 0.25) is 5.82 Å². The Bertz CT molecular complexity index is 528. The molecule has 2 saturated carbocycles. The molecule has 0 N–H and O–H groups in total. The van der Waals surface area contributed by atoms with Gasteiger partial charge in [-0.25, -0.2) is 4.39 Å². The van der Waals surface area contributed by atoms with Gasteiger partial charge in [0.1, 0.15) is 0 Å². The number of hydrogen-bond acceptors (Lipinski definition) is 1. The van der Waals surface area contributed by atoms with E-state index in [0.717, 1.165) is 32.1 Å². The van der Waals surface area contributed by atoms with Crippen LogP contribution in [0, 0.1) is 17.6 Å². The van der Waals surface area contributed by atoms with Crippen molar-refractivity contribution in [3.63, 3.8) is 0 Å². The maximum Gasteiger partial charge on any atom is 0.200 e. The molecule has 0 radical (unpaired) electrons. The predicted octanol–water partition coefficient (Wildman–Crippen LogP) is 5.58. The number of ether oxygens (including phenoxy) is 1. The number of allylic oxidation sites excluding steroid dienone is 2. The zero-order valence-corrected chi connectivity index (χ0v) is 13.0. The minimum atomic E-state index is -0.827. The Morgan fingerprint density at radius 1 is 1.00 bits per heavy atom. The predicted molar refractivity (Wildman–Crippen MR) is 84.0 cm³/mol. The standard InChI is InChI=1S/C19H24F2O/c20-18-15(9-2-1-6-14-7-5-8-14)12-13-17(19(18)21)22-16-10-3-4-11-16/h1,6,12-14,16H,2-5,7-11H2/b6-1+. The van der Waals surface area contributed by atoms with Crippen LogP contribution in [0.15, 0.2) is 24.3 Å². The summed E-state index contributed by atoms with van der Waals surface area (Å²) in [5, 5.41) is 0. The third kappa shape index (κ3) is 3.68. The van der Waals surface area contributed by atoms with E-state index >= 15 is 0 Å². The molecule has 1 aromatic carbocycles. The maximum atomic E-state index is 14.1.